The fourth-order valence-electron chi connectivity index (χ4n) is 10.7. The molecule has 0 bridgehead atoms. The Hall–Kier alpha value is -4.18. The molecule has 0 aliphatic carbocycles. The predicted molar refractivity (Wildman–Crippen MR) is 268 cm³/mol. The first-order chi connectivity index (χ1) is 34.7. The molecule has 1 aromatic carbocycles. The number of β-amino-alcohol motifs (C(OH)–C–C–N with tert-alkyl or cyclic N) is 1. The van der Waals surface area contributed by atoms with Gasteiger partial charge in [-0.15, -0.1) is 0 Å². The quantitative estimate of drug-likeness (QED) is 0.119. The van der Waals surface area contributed by atoms with Crippen LogP contribution < -0.4 is 0 Å². The van der Waals surface area contributed by atoms with Gasteiger partial charge in [-0.05, 0) is 117 Å². The standard InChI is InChI=1S/C54H83N3O16/c1-12-43(61)69-42-28-45(63)68-39(20-16-18-36-27-37-19-14-15-22-40(37)55-30-36)21-17-24-57(10)31-41(60)32(3)26-38(23-25-58)50(51(42)65-11)72-53-48(64)47(56(8)9)49(33(4)67-53)71-46-29-54(7,73-35(6)59)52(34(5)66-46)70-44(62)13-2/h14-15,19,22,25,27,30,32-34,38-39,41-42,46-53,60,64H,12-13,16-18,20-21,23-24,26,28-29,31H2,1-11H3/t32-,33?,34?,38+,39+,41+,42-,46+,47?,48?,49-,50+,51+,52+,53+,54?/m1/s1. The number of pyridine rings is 1. The number of para-hydroxylation sites is 1. The van der Waals surface area contributed by atoms with Crippen molar-refractivity contribution in [1.82, 2.24) is 14.8 Å². The molecule has 0 spiro atoms. The maximum absolute atomic E-state index is 14.2. The summed E-state index contributed by atoms with van der Waals surface area (Å²) in [5.41, 5.74) is 0.647. The van der Waals surface area contributed by atoms with Crippen molar-refractivity contribution in [2.24, 2.45) is 11.8 Å². The smallest absolute Gasteiger partial charge is 0.309 e. The fourth-order valence-corrected chi connectivity index (χ4v) is 10.7. The molecule has 5 unspecified atom stereocenters. The molecule has 2 N–H and O–H groups in total. The van der Waals surface area contributed by atoms with Crippen LogP contribution in [-0.2, 0) is 73.0 Å². The fraction of sp³-hybridized carbons (Fsp3) is 0.741. The summed E-state index contributed by atoms with van der Waals surface area (Å²) in [6.07, 6.45) is -6.55. The number of fused-ring (bicyclic) bond motifs is 1. The van der Waals surface area contributed by atoms with Gasteiger partial charge in [0, 0.05) is 57.8 Å². The highest BCUT2D eigenvalue weighted by atomic mass is 16.7. The number of benzene rings is 1. The van der Waals surface area contributed by atoms with Crippen LogP contribution in [0.5, 0.6) is 0 Å². The summed E-state index contributed by atoms with van der Waals surface area (Å²) in [5.74, 6) is -3.39. The van der Waals surface area contributed by atoms with Crippen LogP contribution in [0.25, 0.3) is 10.9 Å². The SMILES string of the molecule is CCC(=O)O[C@@H]1CC(=O)O[C@@H](CCCc2cnc3ccccc3c2)CCCN(C)C[C@H](O)[C@H](C)C[C@H](CC=O)[C@H](O[C@@H]2OC(C)[C@@H](O[C@H]3CC(C)(OC(C)=O)[C@@H](OC(=O)CC)C(C)O3)C(N(C)C)C2O)[C@H]1OC. The lowest BCUT2D eigenvalue weighted by Crippen LogP contribution is -2.66. The van der Waals surface area contributed by atoms with Crippen LogP contribution in [0.2, 0.25) is 0 Å². The van der Waals surface area contributed by atoms with Crippen LogP contribution in [0.4, 0.5) is 0 Å². The van der Waals surface area contributed by atoms with E-state index >= 15 is 0 Å². The Morgan fingerprint density at radius 2 is 1.70 bits per heavy atom. The molecule has 3 aliphatic rings. The number of methoxy groups -OCH3 is 1. The molecule has 16 atom stereocenters. The van der Waals surface area contributed by atoms with E-state index in [0.717, 1.165) is 22.8 Å². The number of aldehydes is 1. The summed E-state index contributed by atoms with van der Waals surface area (Å²) in [7, 11) is 6.83. The highest BCUT2D eigenvalue weighted by Gasteiger charge is 2.54. The van der Waals surface area contributed by atoms with Crippen molar-refractivity contribution in [3.63, 3.8) is 0 Å². The molecule has 4 heterocycles. The van der Waals surface area contributed by atoms with Gasteiger partial charge in [-0.25, -0.2) is 0 Å². The van der Waals surface area contributed by atoms with Gasteiger partial charge >= 0.3 is 23.9 Å². The van der Waals surface area contributed by atoms with E-state index in [4.69, 9.17) is 42.6 Å². The van der Waals surface area contributed by atoms with Gasteiger partial charge in [0.2, 0.25) is 0 Å². The Kier molecular flexibility index (Phi) is 23.0. The number of aliphatic hydroxyl groups excluding tert-OH is 2. The third kappa shape index (κ3) is 16.7. The molecular weight excluding hydrogens is 947 g/mol. The zero-order valence-electron chi connectivity index (χ0n) is 44.8. The molecule has 5 rings (SSSR count). The Morgan fingerprint density at radius 1 is 0.986 bits per heavy atom. The number of aliphatic hydroxyl groups is 2. The van der Waals surface area contributed by atoms with E-state index in [0.29, 0.717) is 45.2 Å². The Bertz CT molecular complexity index is 2100. The minimum Gasteiger partial charge on any atom is -0.462 e. The van der Waals surface area contributed by atoms with E-state index in [-0.39, 0.29) is 38.0 Å². The second kappa shape index (κ2) is 28.1. The molecule has 0 saturated carbocycles. The van der Waals surface area contributed by atoms with Crippen LogP contribution in [0, 0.1) is 11.8 Å². The van der Waals surface area contributed by atoms with Gasteiger partial charge in [0.25, 0.3) is 0 Å². The number of ether oxygens (including phenoxy) is 9. The number of nitrogens with zero attached hydrogens (tertiary/aromatic N) is 3. The number of likely N-dealkylation sites (N-methyl/N-ethyl adjacent to an activating group) is 2. The summed E-state index contributed by atoms with van der Waals surface area (Å²) < 4.78 is 56.2. The maximum Gasteiger partial charge on any atom is 0.309 e. The van der Waals surface area contributed by atoms with Gasteiger partial charge in [0.15, 0.2) is 24.3 Å². The molecule has 3 fully saturated rings. The van der Waals surface area contributed by atoms with Gasteiger partial charge in [-0.2, -0.15) is 0 Å². The minimum absolute atomic E-state index is 0.0177. The molecule has 0 amide bonds. The van der Waals surface area contributed by atoms with E-state index in [2.05, 4.69) is 11.1 Å². The largest absolute Gasteiger partial charge is 0.462 e. The summed E-state index contributed by atoms with van der Waals surface area (Å²) >= 11 is 0. The average Bonchev–Trinajstić information content (AvgIpc) is 3.32. The number of aryl methyl sites for hydroxylation is 1. The van der Waals surface area contributed by atoms with Crippen LogP contribution in [0.15, 0.2) is 36.5 Å². The van der Waals surface area contributed by atoms with Crippen LogP contribution in [-0.4, -0.2) is 182 Å². The van der Waals surface area contributed by atoms with Crippen LogP contribution in [0.3, 0.4) is 0 Å². The number of hydrogen-bond donors (Lipinski definition) is 2. The van der Waals surface area contributed by atoms with Gasteiger partial charge in [0.05, 0.1) is 42.4 Å². The second-order valence-electron chi connectivity index (χ2n) is 20.7. The highest BCUT2D eigenvalue weighted by Crippen LogP contribution is 2.39. The third-order valence-electron chi connectivity index (χ3n) is 14.5. The van der Waals surface area contributed by atoms with E-state index in [1.54, 1.807) is 53.6 Å². The lowest BCUT2D eigenvalue weighted by Gasteiger charge is -2.50. The van der Waals surface area contributed by atoms with Crippen molar-refractivity contribution in [2.45, 2.75) is 204 Å². The van der Waals surface area contributed by atoms with Gasteiger partial charge < -0.3 is 67.4 Å². The topological polar surface area (TPSA) is 228 Å². The van der Waals surface area contributed by atoms with Gasteiger partial charge in [-0.3, -0.25) is 24.2 Å². The van der Waals surface area contributed by atoms with Crippen molar-refractivity contribution >= 4 is 41.1 Å². The summed E-state index contributed by atoms with van der Waals surface area (Å²) in [5, 5.41) is 25.1. The minimum atomic E-state index is -1.44. The van der Waals surface area contributed by atoms with Crippen molar-refractivity contribution in [2.75, 3.05) is 41.3 Å². The molecule has 0 radical (unpaired) electrons. The average molecular weight is 1030 g/mol. The first-order valence-corrected chi connectivity index (χ1v) is 26.1. The predicted octanol–water partition coefficient (Wildman–Crippen LogP) is 5.10. The second-order valence-corrected chi connectivity index (χ2v) is 20.7. The lowest BCUT2D eigenvalue weighted by atomic mass is 9.82. The van der Waals surface area contributed by atoms with E-state index in [1.807, 2.05) is 49.3 Å². The van der Waals surface area contributed by atoms with Crippen molar-refractivity contribution in [1.29, 1.82) is 0 Å². The van der Waals surface area contributed by atoms with E-state index < -0.39 is 121 Å². The molecule has 19 nitrogen and oxygen atoms in total. The van der Waals surface area contributed by atoms with Gasteiger partial charge in [-0.1, -0.05) is 39.0 Å². The number of cyclic esters (lactones) is 1. The molecule has 3 saturated heterocycles. The number of esters is 4. The molecule has 410 valence electrons. The lowest BCUT2D eigenvalue weighted by molar-refractivity contribution is -0.344. The number of aromatic nitrogens is 1. The Morgan fingerprint density at radius 3 is 2.37 bits per heavy atom. The van der Waals surface area contributed by atoms with Gasteiger partial charge in [0.1, 0.15) is 36.8 Å². The summed E-state index contributed by atoms with van der Waals surface area (Å²) in [6.45, 7) is 12.5. The summed E-state index contributed by atoms with van der Waals surface area (Å²) in [4.78, 5) is 73.4. The third-order valence-corrected chi connectivity index (χ3v) is 14.5. The highest BCUT2D eigenvalue weighted by molar-refractivity contribution is 5.78. The zero-order valence-corrected chi connectivity index (χ0v) is 44.8. The van der Waals surface area contributed by atoms with Crippen molar-refractivity contribution in [3.8, 4) is 0 Å². The Labute approximate surface area is 431 Å². The normalized spacial score (nSPS) is 34.4. The van der Waals surface area contributed by atoms with Crippen molar-refractivity contribution in [3.05, 3.63) is 42.1 Å². The molecule has 73 heavy (non-hydrogen) atoms. The maximum atomic E-state index is 14.2. The first-order valence-electron chi connectivity index (χ1n) is 26.1. The zero-order chi connectivity index (χ0) is 53.6. The van der Waals surface area contributed by atoms with E-state index in [1.165, 1.54) is 14.0 Å². The number of hydrogen-bond acceptors (Lipinski definition) is 19. The van der Waals surface area contributed by atoms with Crippen LogP contribution >= 0.6 is 0 Å². The monoisotopic (exact) mass is 1030 g/mol. The molecule has 2 aromatic rings. The molecular formula is C54H83N3O16. The van der Waals surface area contributed by atoms with Crippen LogP contribution in [0.1, 0.15) is 118 Å². The number of rotatable bonds is 17. The summed E-state index contributed by atoms with van der Waals surface area (Å²) in [6, 6.07) is 9.22. The number of carbonyl (C=O) groups excluding carboxylic acids is 5. The molecule has 3 aliphatic heterocycles. The first kappa shape index (κ1) is 59.7. The van der Waals surface area contributed by atoms with Crippen molar-refractivity contribution < 1.29 is 76.8 Å². The Balaban J connectivity index is 1.44. The molecule has 19 heteroatoms. The molecule has 1 aromatic heterocycles. The van der Waals surface area contributed by atoms with E-state index in [9.17, 15) is 34.2 Å². The number of carbonyl (C=O) groups is 5.